The number of alkyl halides is 1. The van der Waals surface area contributed by atoms with Crippen LogP contribution in [0.2, 0.25) is 5.02 Å². The van der Waals surface area contributed by atoms with Gasteiger partial charge in [0, 0.05) is 23.5 Å². The lowest BCUT2D eigenvalue weighted by Gasteiger charge is -2.18. The van der Waals surface area contributed by atoms with Gasteiger partial charge >= 0.3 is 0 Å². The van der Waals surface area contributed by atoms with Crippen molar-refractivity contribution in [3.05, 3.63) is 34.6 Å². The van der Waals surface area contributed by atoms with Crippen LogP contribution in [-0.2, 0) is 6.54 Å². The van der Waals surface area contributed by atoms with Gasteiger partial charge < -0.3 is 5.32 Å². The molecule has 0 saturated heterocycles. The first-order chi connectivity index (χ1) is 8.02. The molecule has 0 bridgehead atoms. The molecule has 4 heteroatoms. The second-order valence-corrected chi connectivity index (χ2v) is 5.31. The third kappa shape index (κ3) is 5.24. The zero-order valence-electron chi connectivity index (χ0n) is 10.1. The monoisotopic (exact) mass is 277 g/mol. The highest BCUT2D eigenvalue weighted by Gasteiger charge is 2.10. The van der Waals surface area contributed by atoms with Gasteiger partial charge in [-0.05, 0) is 36.1 Å². The van der Waals surface area contributed by atoms with Gasteiger partial charge in [-0.2, -0.15) is 0 Å². The zero-order valence-corrected chi connectivity index (χ0v) is 11.7. The standard InChI is InChI=1S/C13H18Cl2FN/c1-9(2)5-12(7-14)17-8-10-6-11(16)3-4-13(10)15/h3-4,6,9,12,17H,5,7-8H2,1-2H3. The van der Waals surface area contributed by atoms with Gasteiger partial charge in [-0.1, -0.05) is 25.4 Å². The van der Waals surface area contributed by atoms with E-state index in [4.69, 9.17) is 23.2 Å². The molecule has 1 nitrogen and oxygen atoms in total. The van der Waals surface area contributed by atoms with Gasteiger partial charge in [-0.25, -0.2) is 4.39 Å². The van der Waals surface area contributed by atoms with E-state index in [0.29, 0.717) is 23.4 Å². The van der Waals surface area contributed by atoms with E-state index in [2.05, 4.69) is 19.2 Å². The lowest BCUT2D eigenvalue weighted by Crippen LogP contribution is -2.31. The van der Waals surface area contributed by atoms with E-state index in [1.54, 1.807) is 6.07 Å². The van der Waals surface area contributed by atoms with E-state index in [9.17, 15) is 4.39 Å². The average Bonchev–Trinajstić information content (AvgIpc) is 2.28. The van der Waals surface area contributed by atoms with Crippen LogP contribution in [0.3, 0.4) is 0 Å². The molecule has 0 heterocycles. The summed E-state index contributed by atoms with van der Waals surface area (Å²) in [6.07, 6.45) is 0.996. The number of halogens is 3. The molecule has 0 spiro atoms. The number of benzene rings is 1. The van der Waals surface area contributed by atoms with Crippen LogP contribution in [0.15, 0.2) is 18.2 Å². The molecule has 1 N–H and O–H groups in total. The molecule has 0 aliphatic rings. The number of hydrogen-bond donors (Lipinski definition) is 1. The van der Waals surface area contributed by atoms with Gasteiger partial charge in [0.2, 0.25) is 0 Å². The molecule has 0 aromatic heterocycles. The molecule has 0 aliphatic carbocycles. The van der Waals surface area contributed by atoms with E-state index in [1.165, 1.54) is 12.1 Å². The summed E-state index contributed by atoms with van der Waals surface area (Å²) < 4.78 is 13.1. The summed E-state index contributed by atoms with van der Waals surface area (Å²) in [6, 6.07) is 4.62. The molecule has 1 unspecified atom stereocenters. The number of nitrogens with one attached hydrogen (secondary N) is 1. The van der Waals surface area contributed by atoms with Crippen molar-refractivity contribution in [1.82, 2.24) is 5.32 Å². The summed E-state index contributed by atoms with van der Waals surface area (Å²) in [5.41, 5.74) is 0.769. The molecule has 1 rings (SSSR count). The minimum absolute atomic E-state index is 0.232. The fourth-order valence-corrected chi connectivity index (χ4v) is 2.12. The van der Waals surface area contributed by atoms with E-state index >= 15 is 0 Å². The smallest absolute Gasteiger partial charge is 0.123 e. The van der Waals surface area contributed by atoms with Gasteiger partial charge in [0.15, 0.2) is 0 Å². The quantitative estimate of drug-likeness (QED) is 0.768. The Morgan fingerprint density at radius 3 is 2.65 bits per heavy atom. The fraction of sp³-hybridized carbons (Fsp3) is 0.538. The normalized spacial score (nSPS) is 13.1. The molecule has 0 saturated carbocycles. The molecule has 1 aromatic rings. The lowest BCUT2D eigenvalue weighted by atomic mass is 10.0. The van der Waals surface area contributed by atoms with Crippen molar-refractivity contribution >= 4 is 23.2 Å². The van der Waals surface area contributed by atoms with Gasteiger partial charge in [0.1, 0.15) is 5.82 Å². The Kier molecular flexibility index (Phi) is 6.24. The fourth-order valence-electron chi connectivity index (χ4n) is 1.70. The van der Waals surface area contributed by atoms with E-state index in [0.717, 1.165) is 12.0 Å². The summed E-state index contributed by atoms with van der Waals surface area (Å²) in [4.78, 5) is 0. The maximum Gasteiger partial charge on any atom is 0.123 e. The second kappa shape index (κ2) is 7.20. The van der Waals surface area contributed by atoms with Crippen molar-refractivity contribution in [2.75, 3.05) is 5.88 Å². The Morgan fingerprint density at radius 2 is 2.06 bits per heavy atom. The number of rotatable bonds is 6. The van der Waals surface area contributed by atoms with E-state index in [-0.39, 0.29) is 11.9 Å². The Labute approximate surface area is 112 Å². The number of hydrogen-bond acceptors (Lipinski definition) is 1. The van der Waals surface area contributed by atoms with Crippen molar-refractivity contribution in [2.45, 2.75) is 32.9 Å². The van der Waals surface area contributed by atoms with Gasteiger partial charge in [-0.15, -0.1) is 11.6 Å². The van der Waals surface area contributed by atoms with Gasteiger partial charge in [-0.3, -0.25) is 0 Å². The highest BCUT2D eigenvalue weighted by molar-refractivity contribution is 6.31. The first-order valence-electron chi connectivity index (χ1n) is 5.76. The Bertz CT molecular complexity index is 355. The molecule has 0 fully saturated rings. The van der Waals surface area contributed by atoms with Crippen LogP contribution in [0.5, 0.6) is 0 Å². The highest BCUT2D eigenvalue weighted by atomic mass is 35.5. The molecule has 1 aromatic carbocycles. The van der Waals surface area contributed by atoms with E-state index in [1.807, 2.05) is 0 Å². The SMILES string of the molecule is CC(C)CC(CCl)NCc1cc(F)ccc1Cl. The van der Waals surface area contributed by atoms with Crippen molar-refractivity contribution < 1.29 is 4.39 Å². The molecule has 1 atom stereocenters. The molecular formula is C13H18Cl2FN. The summed E-state index contributed by atoms with van der Waals surface area (Å²) in [7, 11) is 0. The molecule has 96 valence electrons. The topological polar surface area (TPSA) is 12.0 Å². The maximum absolute atomic E-state index is 13.1. The summed E-state index contributed by atoms with van der Waals surface area (Å²) >= 11 is 11.9. The van der Waals surface area contributed by atoms with Crippen molar-refractivity contribution in [2.24, 2.45) is 5.92 Å². The molecule has 0 aliphatic heterocycles. The third-order valence-electron chi connectivity index (χ3n) is 2.53. The minimum atomic E-state index is -0.266. The molecule has 0 amide bonds. The van der Waals surface area contributed by atoms with Crippen molar-refractivity contribution in [3.63, 3.8) is 0 Å². The van der Waals surface area contributed by atoms with Crippen LogP contribution in [0.1, 0.15) is 25.8 Å². The first kappa shape index (κ1) is 14.7. The predicted octanol–water partition coefficient (Wildman–Crippen LogP) is 4.22. The Morgan fingerprint density at radius 1 is 1.35 bits per heavy atom. The van der Waals surface area contributed by atoms with Crippen LogP contribution in [0, 0.1) is 11.7 Å². The minimum Gasteiger partial charge on any atom is -0.309 e. The van der Waals surface area contributed by atoms with Crippen molar-refractivity contribution in [3.8, 4) is 0 Å². The first-order valence-corrected chi connectivity index (χ1v) is 6.67. The lowest BCUT2D eigenvalue weighted by molar-refractivity contribution is 0.444. The van der Waals surface area contributed by atoms with Crippen LogP contribution < -0.4 is 5.32 Å². The Balaban J connectivity index is 2.56. The van der Waals surface area contributed by atoms with Gasteiger partial charge in [0.25, 0.3) is 0 Å². The average molecular weight is 278 g/mol. The van der Waals surface area contributed by atoms with Crippen LogP contribution in [-0.4, -0.2) is 11.9 Å². The van der Waals surface area contributed by atoms with Gasteiger partial charge in [0.05, 0.1) is 0 Å². The maximum atomic E-state index is 13.1. The van der Waals surface area contributed by atoms with Crippen LogP contribution in [0.25, 0.3) is 0 Å². The molecule has 0 radical (unpaired) electrons. The zero-order chi connectivity index (χ0) is 12.8. The summed E-state index contributed by atoms with van der Waals surface area (Å²) in [5.74, 6) is 0.859. The van der Waals surface area contributed by atoms with E-state index < -0.39 is 0 Å². The third-order valence-corrected chi connectivity index (χ3v) is 3.27. The van der Waals surface area contributed by atoms with Crippen LogP contribution >= 0.6 is 23.2 Å². The largest absolute Gasteiger partial charge is 0.309 e. The Hall–Kier alpha value is -0.310. The predicted molar refractivity (Wildman–Crippen MR) is 72.2 cm³/mol. The van der Waals surface area contributed by atoms with Crippen molar-refractivity contribution in [1.29, 1.82) is 0 Å². The second-order valence-electron chi connectivity index (χ2n) is 4.60. The summed E-state index contributed by atoms with van der Waals surface area (Å²) in [5, 5.41) is 3.88. The molecular weight excluding hydrogens is 260 g/mol. The summed E-state index contributed by atoms with van der Waals surface area (Å²) in [6.45, 7) is 4.84. The highest BCUT2D eigenvalue weighted by Crippen LogP contribution is 2.17. The molecule has 17 heavy (non-hydrogen) atoms. The van der Waals surface area contributed by atoms with Crippen LogP contribution in [0.4, 0.5) is 4.39 Å².